The molecule has 2 aromatic heterocycles. The van der Waals surface area contributed by atoms with Gasteiger partial charge in [0.1, 0.15) is 0 Å². The van der Waals surface area contributed by atoms with Gasteiger partial charge in [0.2, 0.25) is 0 Å². The number of hydrogen-bond acceptors (Lipinski definition) is 3. The molecule has 7 rings (SSSR count). The fraction of sp³-hybridized carbons (Fsp3) is 0.120. The topological polar surface area (TPSA) is 92.9 Å². The first-order valence-electron chi connectivity index (χ1n) is 10.4. The Hall–Kier alpha value is -3.90. The van der Waals surface area contributed by atoms with E-state index in [1.54, 1.807) is 0 Å². The molecule has 3 heterocycles. The third-order valence-corrected chi connectivity index (χ3v) is 6.71. The summed E-state index contributed by atoms with van der Waals surface area (Å²) in [7, 11) is 0. The molecule has 0 spiro atoms. The number of para-hydroxylation sites is 2. The molecule has 0 radical (unpaired) electrons. The molecule has 6 heteroatoms. The highest BCUT2D eigenvalue weighted by Gasteiger charge is 2.36. The second-order valence-electron chi connectivity index (χ2n) is 8.42. The maximum atomic E-state index is 13.0. The highest BCUT2D eigenvalue weighted by atomic mass is 16.2. The minimum atomic E-state index is -0.337. The van der Waals surface area contributed by atoms with E-state index in [0.29, 0.717) is 11.1 Å². The molecule has 2 amide bonds. The average Bonchev–Trinajstić information content (AvgIpc) is 3.50. The summed E-state index contributed by atoms with van der Waals surface area (Å²) in [4.78, 5) is 29.5. The summed E-state index contributed by atoms with van der Waals surface area (Å²) < 4.78 is 2.28. The number of nitrogens with zero attached hydrogens (tertiary/aromatic N) is 1. The molecule has 0 saturated carbocycles. The van der Waals surface area contributed by atoms with E-state index in [9.17, 15) is 9.59 Å². The highest BCUT2D eigenvalue weighted by molar-refractivity contribution is 6.39. The lowest BCUT2D eigenvalue weighted by atomic mass is 9.96. The van der Waals surface area contributed by atoms with Gasteiger partial charge in [-0.05, 0) is 18.6 Å². The lowest BCUT2D eigenvalue weighted by Crippen LogP contribution is -2.20. The number of benzene rings is 3. The number of nitrogens with one attached hydrogen (secondary N) is 2. The lowest BCUT2D eigenvalue weighted by Gasteiger charge is -2.16. The van der Waals surface area contributed by atoms with Crippen LogP contribution < -0.4 is 11.1 Å². The Bertz CT molecular complexity index is 1650. The third-order valence-electron chi connectivity index (χ3n) is 6.71. The van der Waals surface area contributed by atoms with Crippen molar-refractivity contribution >= 4 is 55.4 Å². The van der Waals surface area contributed by atoms with Gasteiger partial charge in [0.25, 0.3) is 11.8 Å². The minimum Gasteiger partial charge on any atom is -0.353 e. The molecule has 1 aliphatic heterocycles. The number of carbonyl (C=O) groups excluding carboxylic acids is 2. The fourth-order valence-corrected chi connectivity index (χ4v) is 5.52. The normalized spacial score (nSPS) is 20.5. The number of imide groups is 1. The van der Waals surface area contributed by atoms with E-state index >= 15 is 0 Å². The molecular weight excluding hydrogens is 388 g/mol. The van der Waals surface area contributed by atoms with Gasteiger partial charge < -0.3 is 15.3 Å². The van der Waals surface area contributed by atoms with Crippen molar-refractivity contribution in [3.05, 3.63) is 71.8 Å². The Morgan fingerprint density at radius 2 is 1.58 bits per heavy atom. The van der Waals surface area contributed by atoms with Gasteiger partial charge in [-0.2, -0.15) is 0 Å². The van der Waals surface area contributed by atoms with Crippen molar-refractivity contribution < 1.29 is 9.59 Å². The van der Waals surface area contributed by atoms with Crippen molar-refractivity contribution in [1.29, 1.82) is 0 Å². The van der Waals surface area contributed by atoms with Crippen LogP contribution in [0.25, 0.3) is 43.6 Å². The fourth-order valence-electron chi connectivity index (χ4n) is 5.52. The minimum absolute atomic E-state index is 0.00118. The Labute approximate surface area is 176 Å². The van der Waals surface area contributed by atoms with E-state index in [0.717, 1.165) is 50.0 Å². The number of allylic oxidation sites excluding steroid dienone is 1. The highest BCUT2D eigenvalue weighted by Crippen LogP contribution is 2.45. The molecule has 1 aliphatic carbocycles. The Morgan fingerprint density at radius 1 is 0.871 bits per heavy atom. The molecule has 2 atom stereocenters. The summed E-state index contributed by atoms with van der Waals surface area (Å²) in [6.07, 6.45) is 4.97. The van der Waals surface area contributed by atoms with Crippen molar-refractivity contribution in [3.63, 3.8) is 0 Å². The zero-order chi connectivity index (χ0) is 20.9. The summed E-state index contributed by atoms with van der Waals surface area (Å²) in [5, 5.41) is 6.07. The summed E-state index contributed by atoms with van der Waals surface area (Å²) in [5.74, 6) is -0.671. The molecule has 0 fully saturated rings. The van der Waals surface area contributed by atoms with E-state index < -0.39 is 0 Å². The smallest absolute Gasteiger partial charge is 0.259 e. The molecular formula is C25H18N4O2. The maximum absolute atomic E-state index is 13.0. The molecule has 2 aliphatic rings. The van der Waals surface area contributed by atoms with E-state index in [4.69, 9.17) is 5.73 Å². The van der Waals surface area contributed by atoms with Gasteiger partial charge in [-0.3, -0.25) is 14.9 Å². The number of nitrogens with two attached hydrogens (primary N) is 1. The molecule has 0 saturated heterocycles. The van der Waals surface area contributed by atoms with Crippen molar-refractivity contribution in [3.8, 4) is 0 Å². The number of aromatic amines is 1. The van der Waals surface area contributed by atoms with Crippen LogP contribution in [0, 0.1) is 0 Å². The summed E-state index contributed by atoms with van der Waals surface area (Å²) >= 11 is 0. The molecule has 4 N–H and O–H groups in total. The molecule has 31 heavy (non-hydrogen) atoms. The molecule has 6 nitrogen and oxygen atoms in total. The second-order valence-corrected chi connectivity index (χ2v) is 8.42. The van der Waals surface area contributed by atoms with E-state index in [1.165, 1.54) is 0 Å². The summed E-state index contributed by atoms with van der Waals surface area (Å²) in [5.41, 5.74) is 10.9. The standard InChI is InChI=1S/C25H18N4O2/c26-12-9-10-13(11-12)29-17-8-4-2-6-15(17)19-21-20(24(30)28-25(21)31)18-14-5-1-3-7-16(14)27-22(18)23(19)29/h1-10,12-13,27H,11,26H2,(H,28,30,31). The van der Waals surface area contributed by atoms with Gasteiger partial charge >= 0.3 is 0 Å². The number of fused-ring (bicyclic) bond motifs is 10. The monoisotopic (exact) mass is 406 g/mol. The average molecular weight is 406 g/mol. The predicted molar refractivity (Wildman–Crippen MR) is 121 cm³/mol. The van der Waals surface area contributed by atoms with Crippen molar-refractivity contribution in [1.82, 2.24) is 14.9 Å². The number of carbonyl (C=O) groups is 2. The Morgan fingerprint density at radius 3 is 2.35 bits per heavy atom. The van der Waals surface area contributed by atoms with Crippen LogP contribution in [-0.4, -0.2) is 27.4 Å². The van der Waals surface area contributed by atoms with E-state index in [1.807, 2.05) is 48.5 Å². The maximum Gasteiger partial charge on any atom is 0.259 e. The first-order valence-corrected chi connectivity index (χ1v) is 10.4. The molecule has 2 unspecified atom stereocenters. The lowest BCUT2D eigenvalue weighted by molar-refractivity contribution is 0.0880. The van der Waals surface area contributed by atoms with Crippen molar-refractivity contribution in [2.24, 2.45) is 5.73 Å². The van der Waals surface area contributed by atoms with Gasteiger partial charge in [-0.15, -0.1) is 0 Å². The van der Waals surface area contributed by atoms with Gasteiger partial charge in [0.05, 0.1) is 28.2 Å². The number of hydrogen-bond donors (Lipinski definition) is 3. The van der Waals surface area contributed by atoms with Gasteiger partial charge in [0.15, 0.2) is 0 Å². The SMILES string of the molecule is NC1C=CC(n2c3ccccc3c3c4c(c5c6ccccc6[nH]c5c32)C(=O)NC4=O)C1. The molecule has 5 aromatic rings. The zero-order valence-electron chi connectivity index (χ0n) is 16.5. The van der Waals surface area contributed by atoms with Gasteiger partial charge in [-0.1, -0.05) is 48.6 Å². The van der Waals surface area contributed by atoms with Crippen LogP contribution >= 0.6 is 0 Å². The number of rotatable bonds is 1. The van der Waals surface area contributed by atoms with Crippen molar-refractivity contribution in [2.75, 3.05) is 0 Å². The molecule has 3 aromatic carbocycles. The van der Waals surface area contributed by atoms with Crippen LogP contribution in [0.1, 0.15) is 33.2 Å². The second kappa shape index (κ2) is 5.62. The van der Waals surface area contributed by atoms with Crippen LogP contribution in [0.3, 0.4) is 0 Å². The van der Waals surface area contributed by atoms with Crippen molar-refractivity contribution in [2.45, 2.75) is 18.5 Å². The van der Waals surface area contributed by atoms with Gasteiger partial charge in [0, 0.05) is 38.6 Å². The quantitative estimate of drug-likeness (QED) is 0.288. The van der Waals surface area contributed by atoms with Crippen LogP contribution in [-0.2, 0) is 0 Å². The van der Waals surface area contributed by atoms with Gasteiger partial charge in [-0.25, -0.2) is 0 Å². The van der Waals surface area contributed by atoms with E-state index in [-0.39, 0.29) is 23.9 Å². The zero-order valence-corrected chi connectivity index (χ0v) is 16.5. The first-order chi connectivity index (χ1) is 15.1. The molecule has 150 valence electrons. The molecule has 0 bridgehead atoms. The summed E-state index contributed by atoms with van der Waals surface area (Å²) in [6.45, 7) is 0. The third kappa shape index (κ3) is 2.00. The summed E-state index contributed by atoms with van der Waals surface area (Å²) in [6, 6.07) is 16.1. The van der Waals surface area contributed by atoms with Crippen LogP contribution in [0.2, 0.25) is 0 Å². The van der Waals surface area contributed by atoms with E-state index in [2.05, 4.69) is 27.0 Å². The Kier molecular flexibility index (Phi) is 3.05. The van der Waals surface area contributed by atoms with Crippen LogP contribution in [0.15, 0.2) is 60.7 Å². The van der Waals surface area contributed by atoms with Crippen LogP contribution in [0.4, 0.5) is 0 Å². The number of aromatic nitrogens is 2. The Balaban J connectivity index is 1.81. The number of amides is 2. The van der Waals surface area contributed by atoms with Crippen LogP contribution in [0.5, 0.6) is 0 Å². The predicted octanol–water partition coefficient (Wildman–Crippen LogP) is 4.14. The number of H-pyrrole nitrogens is 1. The largest absolute Gasteiger partial charge is 0.353 e. The first kappa shape index (κ1) is 16.8.